The van der Waals surface area contributed by atoms with Crippen LogP contribution in [0.3, 0.4) is 0 Å². The Morgan fingerprint density at radius 1 is 0.600 bits per heavy atom. The van der Waals surface area contributed by atoms with Gasteiger partial charge in [0.05, 0.1) is 6.04 Å². The van der Waals surface area contributed by atoms with Crippen molar-refractivity contribution in [3.8, 4) is 0 Å². The van der Waals surface area contributed by atoms with Crippen LogP contribution in [0, 0.1) is 0 Å². The van der Waals surface area contributed by atoms with Crippen LogP contribution in [0.1, 0.15) is 25.7 Å². The van der Waals surface area contributed by atoms with Crippen molar-refractivity contribution in [3.63, 3.8) is 0 Å². The highest BCUT2D eigenvalue weighted by atomic mass is 33.1. The van der Waals surface area contributed by atoms with E-state index in [9.17, 15) is 38.4 Å². The van der Waals surface area contributed by atoms with Crippen molar-refractivity contribution >= 4 is 69.1 Å². The fourth-order valence-corrected chi connectivity index (χ4v) is 4.86. The molecule has 18 nitrogen and oxygen atoms in total. The van der Waals surface area contributed by atoms with Gasteiger partial charge in [0.1, 0.15) is 31.2 Å². The van der Waals surface area contributed by atoms with E-state index in [4.69, 9.17) is 31.9 Å². The molecule has 0 bridgehead atoms. The lowest BCUT2D eigenvalue weighted by molar-refractivity contribution is -0.139. The standard InChI is InChI=1S/C20H32N6O12S2/c21-9(2-4-14(28)29)17(34)26-12(19(36)24-6-16(32)33)8-40-39-7-11(18(35)23-5-15(30)31)25-13(27)3-1-10(22)20(37)38/h9-12H,1-8,21-22H2,(H,23,35)(H,24,36)(H,25,27)(H,26,34)(H,28,29)(H,30,31)(H,32,33)(H,37,38). The molecule has 0 saturated heterocycles. The van der Waals surface area contributed by atoms with Crippen molar-refractivity contribution in [3.05, 3.63) is 0 Å². The van der Waals surface area contributed by atoms with Crippen LogP contribution in [0.25, 0.3) is 0 Å². The van der Waals surface area contributed by atoms with E-state index in [1.165, 1.54) is 0 Å². The second-order valence-corrected chi connectivity index (χ2v) is 10.5. The van der Waals surface area contributed by atoms with Gasteiger partial charge in [0, 0.05) is 24.3 Å². The Bertz CT molecular complexity index is 953. The number of hydrogen-bond acceptors (Lipinski definition) is 12. The molecule has 0 rings (SSSR count). The summed E-state index contributed by atoms with van der Waals surface area (Å²) in [6.07, 6.45) is -1.20. The molecule has 0 aromatic heterocycles. The molecule has 0 aliphatic rings. The molecular formula is C20H32N6O12S2. The monoisotopic (exact) mass is 612 g/mol. The molecule has 4 amide bonds. The lowest BCUT2D eigenvalue weighted by Crippen LogP contribution is -2.53. The lowest BCUT2D eigenvalue weighted by Gasteiger charge is -2.21. The number of rotatable bonds is 21. The molecule has 4 unspecified atom stereocenters. The number of amides is 4. The first kappa shape index (κ1) is 36.4. The van der Waals surface area contributed by atoms with Gasteiger partial charge in [-0.25, -0.2) is 0 Å². The molecule has 0 aromatic rings. The van der Waals surface area contributed by atoms with Crippen molar-refractivity contribution < 1.29 is 58.8 Å². The van der Waals surface area contributed by atoms with Crippen molar-refractivity contribution in [2.24, 2.45) is 11.5 Å². The first-order valence-corrected chi connectivity index (χ1v) is 13.9. The van der Waals surface area contributed by atoms with Gasteiger partial charge in [-0.3, -0.25) is 38.4 Å². The lowest BCUT2D eigenvalue weighted by atomic mass is 10.1. The van der Waals surface area contributed by atoms with E-state index in [1.807, 2.05) is 0 Å². The summed E-state index contributed by atoms with van der Waals surface area (Å²) < 4.78 is 0. The largest absolute Gasteiger partial charge is 0.481 e. The summed E-state index contributed by atoms with van der Waals surface area (Å²) in [5.41, 5.74) is 11.0. The second-order valence-electron chi connectivity index (χ2n) is 8.00. The summed E-state index contributed by atoms with van der Waals surface area (Å²) in [4.78, 5) is 92.3. The summed E-state index contributed by atoms with van der Waals surface area (Å²) in [6.45, 7) is -1.50. The molecule has 0 heterocycles. The van der Waals surface area contributed by atoms with Crippen LogP contribution >= 0.6 is 21.6 Å². The fourth-order valence-electron chi connectivity index (χ4n) is 2.54. The Kier molecular flexibility index (Phi) is 17.7. The maximum atomic E-state index is 12.4. The van der Waals surface area contributed by atoms with Gasteiger partial charge < -0.3 is 53.2 Å². The molecule has 0 radical (unpaired) electrons. The summed E-state index contributed by atoms with van der Waals surface area (Å²) in [5, 5.41) is 43.9. The topological polar surface area (TPSA) is 318 Å². The molecule has 20 heteroatoms. The number of carbonyl (C=O) groups is 8. The Morgan fingerprint density at radius 3 is 1.48 bits per heavy atom. The third-order valence-corrected chi connectivity index (χ3v) is 7.09. The molecule has 12 N–H and O–H groups in total. The SMILES string of the molecule is NC(CCC(=O)NC(CSSCC(NC(=O)C(N)CCC(=O)O)C(=O)NCC(=O)O)C(=O)NCC(=O)O)C(=O)O. The highest BCUT2D eigenvalue weighted by molar-refractivity contribution is 8.76. The minimum Gasteiger partial charge on any atom is -0.481 e. The highest BCUT2D eigenvalue weighted by Gasteiger charge is 2.26. The van der Waals surface area contributed by atoms with Gasteiger partial charge in [-0.2, -0.15) is 0 Å². The van der Waals surface area contributed by atoms with Crippen LogP contribution in [-0.2, 0) is 38.4 Å². The maximum Gasteiger partial charge on any atom is 0.322 e. The summed E-state index contributed by atoms with van der Waals surface area (Å²) in [6, 6.07) is -5.17. The number of carboxylic acids is 4. The third kappa shape index (κ3) is 17.1. The van der Waals surface area contributed by atoms with Crippen LogP contribution < -0.4 is 32.7 Å². The van der Waals surface area contributed by atoms with Gasteiger partial charge in [-0.05, 0) is 12.8 Å². The fraction of sp³-hybridized carbons (Fsp3) is 0.600. The molecular weight excluding hydrogens is 580 g/mol. The van der Waals surface area contributed by atoms with Crippen LogP contribution in [-0.4, -0.2) is 117 Å². The zero-order valence-electron chi connectivity index (χ0n) is 21.0. The zero-order valence-corrected chi connectivity index (χ0v) is 22.6. The number of nitrogens with two attached hydrogens (primary N) is 2. The average Bonchev–Trinajstić information content (AvgIpc) is 2.87. The number of carbonyl (C=O) groups excluding carboxylic acids is 4. The van der Waals surface area contributed by atoms with E-state index >= 15 is 0 Å². The van der Waals surface area contributed by atoms with Crippen LogP contribution in [0.5, 0.6) is 0 Å². The number of nitrogens with one attached hydrogen (secondary N) is 4. The molecule has 0 aromatic carbocycles. The number of carboxylic acid groups (broad SMARTS) is 4. The van der Waals surface area contributed by atoms with Crippen molar-refractivity contribution in [1.29, 1.82) is 0 Å². The van der Waals surface area contributed by atoms with Gasteiger partial charge in [0.2, 0.25) is 23.6 Å². The minimum absolute atomic E-state index is 0.164. The van der Waals surface area contributed by atoms with E-state index in [1.54, 1.807) is 0 Å². The van der Waals surface area contributed by atoms with Crippen LogP contribution in [0.4, 0.5) is 0 Å². The first-order valence-electron chi connectivity index (χ1n) is 11.4. The average molecular weight is 613 g/mol. The molecule has 40 heavy (non-hydrogen) atoms. The van der Waals surface area contributed by atoms with Gasteiger partial charge in [0.15, 0.2) is 0 Å². The van der Waals surface area contributed by atoms with Gasteiger partial charge in [-0.1, -0.05) is 21.6 Å². The van der Waals surface area contributed by atoms with Gasteiger partial charge >= 0.3 is 23.9 Å². The van der Waals surface area contributed by atoms with Crippen molar-refractivity contribution in [2.75, 3.05) is 24.6 Å². The first-order chi connectivity index (χ1) is 18.6. The molecule has 0 fully saturated rings. The van der Waals surface area contributed by atoms with E-state index in [-0.39, 0.29) is 30.8 Å². The number of aliphatic carboxylic acids is 4. The molecule has 0 spiro atoms. The molecule has 0 aliphatic carbocycles. The van der Waals surface area contributed by atoms with Gasteiger partial charge in [-0.15, -0.1) is 0 Å². The number of hydrogen-bond donors (Lipinski definition) is 10. The normalized spacial score (nSPS) is 13.6. The Hall–Kier alpha value is -3.62. The summed E-state index contributed by atoms with van der Waals surface area (Å²) >= 11 is 0. The minimum atomic E-state index is -1.35. The van der Waals surface area contributed by atoms with Crippen LogP contribution in [0.15, 0.2) is 0 Å². The maximum absolute atomic E-state index is 12.4. The summed E-state index contributed by atoms with van der Waals surface area (Å²) in [5.74, 6) is -8.90. The predicted octanol–water partition coefficient (Wildman–Crippen LogP) is -3.88. The van der Waals surface area contributed by atoms with E-state index < -0.39 is 91.2 Å². The smallest absolute Gasteiger partial charge is 0.322 e. The Morgan fingerprint density at radius 2 is 1.05 bits per heavy atom. The Balaban J connectivity index is 5.23. The Labute approximate surface area is 235 Å². The second kappa shape index (κ2) is 19.4. The van der Waals surface area contributed by atoms with E-state index in [0.29, 0.717) is 0 Å². The van der Waals surface area contributed by atoms with E-state index in [2.05, 4.69) is 21.3 Å². The van der Waals surface area contributed by atoms with Crippen LogP contribution in [0.2, 0.25) is 0 Å². The predicted molar refractivity (Wildman–Crippen MR) is 140 cm³/mol. The highest BCUT2D eigenvalue weighted by Crippen LogP contribution is 2.23. The van der Waals surface area contributed by atoms with Crippen molar-refractivity contribution in [1.82, 2.24) is 21.3 Å². The van der Waals surface area contributed by atoms with E-state index in [0.717, 1.165) is 21.6 Å². The summed E-state index contributed by atoms with van der Waals surface area (Å²) in [7, 11) is 1.86. The molecule has 4 atom stereocenters. The van der Waals surface area contributed by atoms with Crippen molar-refractivity contribution in [2.45, 2.75) is 49.9 Å². The molecule has 226 valence electrons. The zero-order chi connectivity index (χ0) is 30.8. The third-order valence-electron chi connectivity index (χ3n) is 4.67. The molecule has 0 aliphatic heterocycles. The quantitative estimate of drug-likeness (QED) is 0.0437. The molecule has 0 saturated carbocycles. The van der Waals surface area contributed by atoms with Gasteiger partial charge in [0.25, 0.3) is 0 Å².